The van der Waals surface area contributed by atoms with E-state index in [1.54, 1.807) is 6.20 Å². The zero-order valence-corrected chi connectivity index (χ0v) is 35.1. The second-order valence-electron chi connectivity index (χ2n) is 14.8. The number of carbonyl (C=O) groups excluding carboxylic acids is 1. The van der Waals surface area contributed by atoms with Gasteiger partial charge in [0.05, 0.1) is 42.6 Å². The Balaban J connectivity index is 0.000000204. The van der Waals surface area contributed by atoms with Crippen LogP contribution in [0, 0.1) is 13.8 Å². The molecular weight excluding hydrogens is 777 g/mol. The molecule has 8 rings (SSSR count). The van der Waals surface area contributed by atoms with Crippen LogP contribution in [-0.2, 0) is 40.3 Å². The monoisotopic (exact) mass is 826 g/mol. The summed E-state index contributed by atoms with van der Waals surface area (Å²) in [7, 11) is 1.38. The lowest BCUT2D eigenvalue weighted by Gasteiger charge is -2.13. The summed E-state index contributed by atoms with van der Waals surface area (Å²) < 4.78 is 4.65. The average molecular weight is 827 g/mol. The van der Waals surface area contributed by atoms with Gasteiger partial charge in [0.2, 0.25) is 0 Å². The lowest BCUT2D eigenvalue weighted by molar-refractivity contribution is -0.139. The molecule has 0 aliphatic heterocycles. The van der Waals surface area contributed by atoms with E-state index in [0.717, 1.165) is 50.7 Å². The zero-order valence-electron chi connectivity index (χ0n) is 35.1. The maximum absolute atomic E-state index is 11.3. The molecule has 0 aliphatic carbocycles. The van der Waals surface area contributed by atoms with Gasteiger partial charge < -0.3 is 26.0 Å². The van der Waals surface area contributed by atoms with E-state index in [1.165, 1.54) is 51.6 Å². The summed E-state index contributed by atoms with van der Waals surface area (Å²) in [5, 5.41) is 16.8. The normalized spacial score (nSPS) is 10.8. The number of aliphatic carboxylic acids is 1. The SMILES string of the molecule is COC(=O)CNCc1cnc2c(Cc3cccc(-c4ccccc4)c3C)nccc2c1.Cc1c(Cc2nccc3cc(CNCC(=O)O)cnc23)cccc1-c1ccccc1.O. The molecule has 0 atom stereocenters. The molecular formula is C51H50N6O5. The van der Waals surface area contributed by atoms with Crippen LogP contribution in [0.15, 0.2) is 146 Å². The summed E-state index contributed by atoms with van der Waals surface area (Å²) in [6.07, 6.45) is 8.69. The van der Waals surface area contributed by atoms with Gasteiger partial charge in [-0.2, -0.15) is 0 Å². The van der Waals surface area contributed by atoms with E-state index in [-0.39, 0.29) is 24.5 Å². The van der Waals surface area contributed by atoms with Crippen LogP contribution >= 0.6 is 0 Å². The first kappa shape index (κ1) is 44.4. The fraction of sp³-hybridized carbons (Fsp3) is 0.176. The number of benzene rings is 4. The van der Waals surface area contributed by atoms with E-state index in [0.29, 0.717) is 19.5 Å². The Hall–Kier alpha value is -7.18. The number of nitrogens with zero attached hydrogens (tertiary/aromatic N) is 4. The molecule has 11 nitrogen and oxygen atoms in total. The minimum absolute atomic E-state index is 0. The van der Waals surface area contributed by atoms with Crippen LogP contribution in [-0.4, -0.2) is 62.7 Å². The van der Waals surface area contributed by atoms with E-state index in [1.807, 2.05) is 48.9 Å². The number of hydrogen-bond donors (Lipinski definition) is 3. The summed E-state index contributed by atoms with van der Waals surface area (Å²) in [5.74, 6) is -1.16. The van der Waals surface area contributed by atoms with Crippen molar-refractivity contribution in [3.63, 3.8) is 0 Å². The fourth-order valence-corrected chi connectivity index (χ4v) is 7.45. The standard InChI is InChI=1S/C26H25N3O2.C25H23N3O2.H2O/c1-18-21(9-6-10-23(18)20-7-4-3-5-8-20)14-24-26-22(11-12-28-24)13-19(16-29-26)15-27-17-25(30)31-2;1-17-20(8-5-9-22(17)19-6-3-2-4-7-19)13-23-25-21(10-11-27-23)12-18(15-28-25)14-26-16-24(29)30;/h3-13,16,27H,14-15,17H2,1-2H3;2-12,15,26H,13-14,16H2,1H3,(H,29,30);1H2. The summed E-state index contributed by atoms with van der Waals surface area (Å²) >= 11 is 0. The van der Waals surface area contributed by atoms with Crippen LogP contribution in [0.4, 0.5) is 0 Å². The van der Waals surface area contributed by atoms with Crippen molar-refractivity contribution in [2.45, 2.75) is 39.8 Å². The lowest BCUT2D eigenvalue weighted by Crippen LogP contribution is -2.23. The van der Waals surface area contributed by atoms with Crippen molar-refractivity contribution in [2.24, 2.45) is 0 Å². The zero-order chi connectivity index (χ0) is 42.6. The van der Waals surface area contributed by atoms with Crippen molar-refractivity contribution in [2.75, 3.05) is 20.2 Å². The summed E-state index contributed by atoms with van der Waals surface area (Å²) in [6, 6.07) is 41.7. The number of ether oxygens (including phenoxy) is 1. The summed E-state index contributed by atoms with van der Waals surface area (Å²) in [6.45, 7) is 5.44. The molecule has 11 heteroatoms. The van der Waals surface area contributed by atoms with Gasteiger partial charge in [-0.3, -0.25) is 29.5 Å². The van der Waals surface area contributed by atoms with E-state index >= 15 is 0 Å². The molecule has 8 aromatic rings. The van der Waals surface area contributed by atoms with Gasteiger partial charge in [-0.15, -0.1) is 0 Å². The van der Waals surface area contributed by atoms with Crippen molar-refractivity contribution in [3.05, 3.63) is 191 Å². The minimum atomic E-state index is -0.872. The Kier molecular flexibility index (Phi) is 15.3. The Bertz CT molecular complexity index is 2780. The second-order valence-corrected chi connectivity index (χ2v) is 14.8. The van der Waals surface area contributed by atoms with Gasteiger partial charge in [-0.05, 0) is 93.7 Å². The van der Waals surface area contributed by atoms with E-state index < -0.39 is 5.97 Å². The molecule has 0 radical (unpaired) electrons. The van der Waals surface area contributed by atoms with E-state index in [9.17, 15) is 9.59 Å². The quantitative estimate of drug-likeness (QED) is 0.0913. The molecule has 0 unspecified atom stereocenters. The van der Waals surface area contributed by atoms with E-state index in [4.69, 9.17) is 5.11 Å². The molecule has 0 amide bonds. The number of aromatic nitrogens is 4. The van der Waals surface area contributed by atoms with Gasteiger partial charge in [0.15, 0.2) is 0 Å². The number of hydrogen-bond acceptors (Lipinski definition) is 9. The number of nitrogens with one attached hydrogen (secondary N) is 2. The number of carboxylic acid groups (broad SMARTS) is 1. The van der Waals surface area contributed by atoms with Crippen molar-refractivity contribution in [3.8, 4) is 22.3 Å². The first-order valence-electron chi connectivity index (χ1n) is 20.2. The highest BCUT2D eigenvalue weighted by Crippen LogP contribution is 2.29. The van der Waals surface area contributed by atoms with Crippen molar-refractivity contribution in [1.82, 2.24) is 30.6 Å². The first-order valence-corrected chi connectivity index (χ1v) is 20.2. The lowest BCUT2D eigenvalue weighted by atomic mass is 9.94. The molecule has 4 aromatic carbocycles. The van der Waals surface area contributed by atoms with Crippen LogP contribution in [0.1, 0.15) is 44.8 Å². The van der Waals surface area contributed by atoms with Gasteiger partial charge >= 0.3 is 11.9 Å². The molecule has 314 valence electrons. The molecule has 4 aromatic heterocycles. The number of carbonyl (C=O) groups is 2. The highest BCUT2D eigenvalue weighted by molar-refractivity contribution is 5.82. The third-order valence-electron chi connectivity index (χ3n) is 10.7. The molecule has 5 N–H and O–H groups in total. The Morgan fingerprint density at radius 1 is 0.581 bits per heavy atom. The number of pyridine rings is 4. The van der Waals surface area contributed by atoms with Gasteiger partial charge in [0, 0.05) is 61.5 Å². The molecule has 0 saturated carbocycles. The Labute approximate surface area is 361 Å². The molecule has 0 fully saturated rings. The van der Waals surface area contributed by atoms with Crippen LogP contribution in [0.25, 0.3) is 44.1 Å². The molecule has 62 heavy (non-hydrogen) atoms. The van der Waals surface area contributed by atoms with Gasteiger partial charge in [-0.25, -0.2) is 0 Å². The van der Waals surface area contributed by atoms with Crippen molar-refractivity contribution < 1.29 is 24.9 Å². The van der Waals surface area contributed by atoms with Crippen LogP contribution in [0.5, 0.6) is 0 Å². The molecule has 0 spiro atoms. The number of methoxy groups -OCH3 is 1. The first-order chi connectivity index (χ1) is 29.8. The second kappa shape index (κ2) is 21.4. The Morgan fingerprint density at radius 3 is 1.47 bits per heavy atom. The predicted octanol–water partition coefficient (Wildman–Crippen LogP) is 8.00. The van der Waals surface area contributed by atoms with Crippen molar-refractivity contribution in [1.29, 1.82) is 0 Å². The number of rotatable bonds is 14. The number of fused-ring (bicyclic) bond motifs is 2. The number of esters is 1. The van der Waals surface area contributed by atoms with Crippen LogP contribution in [0.2, 0.25) is 0 Å². The summed E-state index contributed by atoms with van der Waals surface area (Å²) in [4.78, 5) is 40.5. The maximum Gasteiger partial charge on any atom is 0.319 e. The molecule has 0 aliphatic rings. The maximum atomic E-state index is 11.3. The van der Waals surface area contributed by atoms with Gasteiger partial charge in [0.25, 0.3) is 0 Å². The highest BCUT2D eigenvalue weighted by Gasteiger charge is 2.13. The van der Waals surface area contributed by atoms with Crippen LogP contribution in [0.3, 0.4) is 0 Å². The largest absolute Gasteiger partial charge is 0.480 e. The highest BCUT2D eigenvalue weighted by atomic mass is 16.5. The number of carboxylic acids is 1. The fourth-order valence-electron chi connectivity index (χ4n) is 7.45. The van der Waals surface area contributed by atoms with E-state index in [2.05, 4.69) is 140 Å². The molecule has 0 bridgehead atoms. The molecule has 4 heterocycles. The summed E-state index contributed by atoms with van der Waals surface area (Å²) in [5.41, 5.74) is 15.5. The average Bonchev–Trinajstić information content (AvgIpc) is 3.28. The minimum Gasteiger partial charge on any atom is -0.480 e. The van der Waals surface area contributed by atoms with Gasteiger partial charge in [-0.1, -0.05) is 97.1 Å². The third kappa shape index (κ3) is 11.1. The smallest absolute Gasteiger partial charge is 0.319 e. The predicted molar refractivity (Wildman–Crippen MR) is 245 cm³/mol. The third-order valence-corrected chi connectivity index (χ3v) is 10.7. The topological polar surface area (TPSA) is 171 Å². The molecule has 0 saturated heterocycles. The van der Waals surface area contributed by atoms with Crippen molar-refractivity contribution >= 4 is 33.7 Å². The van der Waals surface area contributed by atoms with Gasteiger partial charge in [0.1, 0.15) is 0 Å². The Morgan fingerprint density at radius 2 is 1.03 bits per heavy atom. The van der Waals surface area contributed by atoms with Crippen LogP contribution < -0.4 is 10.6 Å².